The first-order chi connectivity index (χ1) is 16.3. The van der Waals surface area contributed by atoms with Crippen molar-refractivity contribution in [3.05, 3.63) is 58.1 Å². The van der Waals surface area contributed by atoms with Crippen LogP contribution in [0.2, 0.25) is 0 Å². The van der Waals surface area contributed by atoms with Gasteiger partial charge in [0.25, 0.3) is 11.8 Å². The van der Waals surface area contributed by atoms with Crippen molar-refractivity contribution in [3.63, 3.8) is 0 Å². The van der Waals surface area contributed by atoms with E-state index in [4.69, 9.17) is 17.0 Å². The number of carbonyl (C=O) groups is 3. The van der Waals surface area contributed by atoms with Gasteiger partial charge in [-0.25, -0.2) is 0 Å². The molecule has 1 saturated carbocycles. The van der Waals surface area contributed by atoms with E-state index in [1.165, 1.54) is 6.42 Å². The average Bonchev–Trinajstić information content (AvgIpc) is 2.83. The molecule has 10 heteroatoms. The van der Waals surface area contributed by atoms with E-state index in [1.807, 2.05) is 19.1 Å². The highest BCUT2D eigenvalue weighted by Crippen LogP contribution is 2.26. The van der Waals surface area contributed by atoms with Crippen LogP contribution in [0.1, 0.15) is 48.0 Å². The van der Waals surface area contributed by atoms with E-state index >= 15 is 0 Å². The number of ether oxygens (including phenoxy) is 1. The largest absolute Gasteiger partial charge is 0.483 e. The zero-order valence-corrected chi connectivity index (χ0v) is 21.2. The number of thiocarbonyl (C=S) groups is 1. The second-order valence-electron chi connectivity index (χ2n) is 8.08. The highest BCUT2D eigenvalue weighted by molar-refractivity contribution is 9.10. The Bertz CT molecular complexity index is 1060. The molecule has 2 aromatic rings. The van der Waals surface area contributed by atoms with Crippen LogP contribution in [0.5, 0.6) is 5.75 Å². The van der Waals surface area contributed by atoms with Crippen molar-refractivity contribution in [3.8, 4) is 5.75 Å². The van der Waals surface area contributed by atoms with E-state index in [0.29, 0.717) is 17.0 Å². The molecule has 0 spiro atoms. The molecule has 34 heavy (non-hydrogen) atoms. The lowest BCUT2D eigenvalue weighted by atomic mass is 9.88. The van der Waals surface area contributed by atoms with Crippen molar-refractivity contribution >= 4 is 56.7 Å². The molecule has 2 aromatic carbocycles. The Morgan fingerprint density at radius 3 is 2.41 bits per heavy atom. The van der Waals surface area contributed by atoms with Crippen molar-refractivity contribution in [2.45, 2.75) is 39.0 Å². The van der Waals surface area contributed by atoms with Gasteiger partial charge in [0, 0.05) is 17.2 Å². The van der Waals surface area contributed by atoms with Crippen molar-refractivity contribution in [2.75, 3.05) is 11.9 Å². The summed E-state index contributed by atoms with van der Waals surface area (Å²) in [5.74, 6) is -0.301. The topological polar surface area (TPSA) is 109 Å². The van der Waals surface area contributed by atoms with Crippen LogP contribution in [0.3, 0.4) is 0 Å². The first kappa shape index (κ1) is 25.6. The van der Waals surface area contributed by atoms with Gasteiger partial charge in [-0.3, -0.25) is 30.6 Å². The monoisotopic (exact) mass is 546 g/mol. The molecular formula is C24H27BrN4O4S. The molecule has 3 amide bonds. The minimum atomic E-state index is -0.475. The van der Waals surface area contributed by atoms with Gasteiger partial charge in [0.05, 0.1) is 4.47 Å². The number of aryl methyl sites for hydroxylation is 1. The zero-order valence-electron chi connectivity index (χ0n) is 18.8. The fourth-order valence-corrected chi connectivity index (χ4v) is 4.33. The van der Waals surface area contributed by atoms with E-state index in [-0.39, 0.29) is 23.5 Å². The molecule has 8 nitrogen and oxygen atoms in total. The molecule has 1 aliphatic carbocycles. The minimum absolute atomic E-state index is 0.0263. The molecule has 0 unspecified atom stereocenters. The number of rotatable bonds is 6. The molecule has 3 rings (SSSR count). The normalized spacial score (nSPS) is 13.5. The van der Waals surface area contributed by atoms with Crippen molar-refractivity contribution in [1.82, 2.24) is 16.2 Å². The molecule has 4 N–H and O–H groups in total. The third-order valence-corrected chi connectivity index (χ3v) is 6.20. The van der Waals surface area contributed by atoms with Crippen LogP contribution in [-0.2, 0) is 9.59 Å². The maximum atomic E-state index is 12.3. The van der Waals surface area contributed by atoms with Gasteiger partial charge in [0.2, 0.25) is 5.91 Å². The highest BCUT2D eigenvalue weighted by atomic mass is 79.9. The fraction of sp³-hybridized carbons (Fsp3) is 0.333. The maximum Gasteiger partial charge on any atom is 0.269 e. The summed E-state index contributed by atoms with van der Waals surface area (Å²) < 4.78 is 6.21. The number of amides is 3. The van der Waals surface area contributed by atoms with Crippen molar-refractivity contribution in [2.24, 2.45) is 5.92 Å². The molecule has 180 valence electrons. The minimum Gasteiger partial charge on any atom is -0.483 e. The van der Waals surface area contributed by atoms with Gasteiger partial charge < -0.3 is 10.1 Å². The molecule has 0 atom stereocenters. The summed E-state index contributed by atoms with van der Waals surface area (Å²) in [5, 5.41) is 5.27. The predicted molar refractivity (Wildman–Crippen MR) is 137 cm³/mol. The van der Waals surface area contributed by atoms with Crippen LogP contribution in [0.4, 0.5) is 5.69 Å². The maximum absolute atomic E-state index is 12.3. The second kappa shape index (κ2) is 12.5. The third-order valence-electron chi connectivity index (χ3n) is 5.38. The summed E-state index contributed by atoms with van der Waals surface area (Å²) in [7, 11) is 0. The first-order valence-corrected chi connectivity index (χ1v) is 12.2. The zero-order chi connectivity index (χ0) is 24.5. The van der Waals surface area contributed by atoms with E-state index in [2.05, 4.69) is 37.4 Å². The van der Waals surface area contributed by atoms with Crippen LogP contribution in [0, 0.1) is 12.8 Å². The predicted octanol–water partition coefficient (Wildman–Crippen LogP) is 3.99. The highest BCUT2D eigenvalue weighted by Gasteiger charge is 2.21. The molecule has 0 heterocycles. The Morgan fingerprint density at radius 2 is 1.74 bits per heavy atom. The van der Waals surface area contributed by atoms with Crippen molar-refractivity contribution < 1.29 is 19.1 Å². The number of hydrazine groups is 1. The van der Waals surface area contributed by atoms with Gasteiger partial charge in [0.1, 0.15) is 5.75 Å². The van der Waals surface area contributed by atoms with Gasteiger partial charge in [-0.2, -0.15) is 0 Å². The summed E-state index contributed by atoms with van der Waals surface area (Å²) in [5.41, 5.74) is 6.97. The summed E-state index contributed by atoms with van der Waals surface area (Å²) >= 11 is 8.41. The lowest BCUT2D eigenvalue weighted by molar-refractivity contribution is -0.122. The van der Waals surface area contributed by atoms with Crippen LogP contribution in [0.25, 0.3) is 0 Å². The Balaban J connectivity index is 1.39. The van der Waals surface area contributed by atoms with Crippen LogP contribution in [0.15, 0.2) is 46.9 Å². The Labute approximate surface area is 212 Å². The molecule has 1 aliphatic rings. The van der Waals surface area contributed by atoms with Crippen LogP contribution in [-0.4, -0.2) is 29.4 Å². The average molecular weight is 547 g/mol. The number of halogens is 1. The lowest BCUT2D eigenvalue weighted by Gasteiger charge is -2.20. The quantitative estimate of drug-likeness (QED) is 0.322. The van der Waals surface area contributed by atoms with Crippen LogP contribution >= 0.6 is 28.1 Å². The standard InChI is InChI=1S/C24H27BrN4O4S/c1-15-7-12-20(19(25)13-15)33-14-21(30)27-24(34)29-28-23(32)17-8-10-18(11-9-17)26-22(31)16-5-3-2-4-6-16/h7-13,16H,2-6,14H2,1H3,(H,26,31)(H,28,32)(H2,27,29,30,34). The van der Waals surface area contributed by atoms with Crippen LogP contribution < -0.4 is 26.2 Å². The fourth-order valence-electron chi connectivity index (χ4n) is 3.56. The third kappa shape index (κ3) is 7.81. The summed E-state index contributed by atoms with van der Waals surface area (Å²) in [4.78, 5) is 36.7. The summed E-state index contributed by atoms with van der Waals surface area (Å²) in [6, 6.07) is 12.1. The van der Waals surface area contributed by atoms with Crippen molar-refractivity contribution in [1.29, 1.82) is 0 Å². The molecule has 0 radical (unpaired) electrons. The van der Waals surface area contributed by atoms with Gasteiger partial charge in [-0.05, 0) is 89.9 Å². The molecule has 1 fully saturated rings. The summed E-state index contributed by atoms with van der Waals surface area (Å²) in [6.45, 7) is 1.70. The number of hydrogen-bond acceptors (Lipinski definition) is 5. The summed E-state index contributed by atoms with van der Waals surface area (Å²) in [6.07, 6.45) is 5.20. The number of benzene rings is 2. The van der Waals surface area contributed by atoms with Gasteiger partial charge in [0.15, 0.2) is 11.7 Å². The molecule has 0 bridgehead atoms. The van der Waals surface area contributed by atoms with Gasteiger partial charge >= 0.3 is 0 Å². The number of hydrogen-bond donors (Lipinski definition) is 4. The van der Waals surface area contributed by atoms with E-state index in [9.17, 15) is 14.4 Å². The van der Waals surface area contributed by atoms with E-state index < -0.39 is 11.8 Å². The van der Waals surface area contributed by atoms with E-state index in [1.54, 1.807) is 30.3 Å². The number of nitrogens with one attached hydrogen (secondary N) is 4. The van der Waals surface area contributed by atoms with Gasteiger partial charge in [-0.1, -0.05) is 25.3 Å². The Kier molecular flexibility index (Phi) is 9.41. The SMILES string of the molecule is Cc1ccc(OCC(=O)NC(=S)NNC(=O)c2ccc(NC(=O)C3CCCCC3)cc2)c(Br)c1. The van der Waals surface area contributed by atoms with E-state index in [0.717, 1.165) is 35.7 Å². The Morgan fingerprint density at radius 1 is 1.03 bits per heavy atom. The van der Waals surface area contributed by atoms with Gasteiger partial charge in [-0.15, -0.1) is 0 Å². The lowest BCUT2D eigenvalue weighted by Crippen LogP contribution is -2.49. The second-order valence-corrected chi connectivity index (χ2v) is 9.34. The Hall–Kier alpha value is -2.98. The first-order valence-electron chi connectivity index (χ1n) is 11.0. The number of anilines is 1. The molecule has 0 saturated heterocycles. The number of carbonyl (C=O) groups excluding carboxylic acids is 3. The smallest absolute Gasteiger partial charge is 0.269 e. The molecule has 0 aromatic heterocycles. The molecular weight excluding hydrogens is 520 g/mol. The molecule has 0 aliphatic heterocycles.